The number of hydrogen-bond donors (Lipinski definition) is 6. The van der Waals surface area contributed by atoms with Crippen LogP contribution in [0.15, 0.2) is 63.4 Å². The van der Waals surface area contributed by atoms with Crippen molar-refractivity contribution in [2.45, 2.75) is 97.9 Å². The van der Waals surface area contributed by atoms with Crippen molar-refractivity contribution in [3.8, 4) is 5.69 Å². The highest BCUT2D eigenvalue weighted by atomic mass is 35.5. The number of nitrogens with zero attached hydrogens (tertiary/aromatic N) is 4. The number of aliphatic imine (C=N–C) groups is 2. The van der Waals surface area contributed by atoms with Gasteiger partial charge in [0.05, 0.1) is 5.69 Å². The maximum Gasteiger partial charge on any atom is 0.354 e. The largest absolute Gasteiger partial charge is 0.370 e. The number of hydrogen-bond acceptors (Lipinski definition) is 5. The van der Waals surface area contributed by atoms with Crippen LogP contribution in [0.25, 0.3) is 16.7 Å². The van der Waals surface area contributed by atoms with E-state index in [1.807, 2.05) is 30.5 Å². The third-order valence-corrected chi connectivity index (χ3v) is 8.68. The van der Waals surface area contributed by atoms with E-state index < -0.39 is 0 Å². The number of guanidine groups is 2. The first kappa shape index (κ1) is 40.1. The molecule has 0 bridgehead atoms. The fourth-order valence-corrected chi connectivity index (χ4v) is 5.88. The topological polar surface area (TPSA) is 192 Å². The first-order chi connectivity index (χ1) is 23.5. The van der Waals surface area contributed by atoms with Crippen LogP contribution in [-0.4, -0.2) is 46.1 Å². The van der Waals surface area contributed by atoms with Gasteiger partial charge in [-0.3, -0.25) is 14.6 Å². The third kappa shape index (κ3) is 12.2. The van der Waals surface area contributed by atoms with E-state index >= 15 is 0 Å². The fraction of sp³-hybridized carbons (Fsp3) is 0.474. The molecule has 0 saturated heterocycles. The molecule has 0 unspecified atom stereocenters. The number of nitrogens with two attached hydrogens (primary N) is 4. The maximum absolute atomic E-state index is 12.5. The number of H-pyrrole nitrogens is 1. The Kier molecular flexibility index (Phi) is 14.5. The molecule has 0 amide bonds. The van der Waals surface area contributed by atoms with E-state index in [-0.39, 0.29) is 28.4 Å². The molecule has 0 saturated carbocycles. The standard InChI is InChI=1S/C21H29N7O.C17H28ClN3/c1-21(2,3)17-11-15-13-28(20(29)27-18(15)26-17)16-7-5-14(6-8-16)12-24-9-4-10-25-19(22)23;1-5-13-10-12(8-6-7-9-21-16(19)20)11-14(15(13)18)17(2,3)4/h5-8,11,13,24H,4,9-10,12H2,1-3H3,(H4,22,23,25)(H,26,27,29);10-11H,5-9H2,1-4H3,(H4,19,20,21). The maximum atomic E-state index is 12.5. The Morgan fingerprint density at radius 2 is 1.52 bits per heavy atom. The number of aryl methyl sites for hydroxylation is 2. The van der Waals surface area contributed by atoms with Crippen LogP contribution in [0.2, 0.25) is 5.02 Å². The molecule has 2 aromatic heterocycles. The molecule has 4 aromatic rings. The van der Waals surface area contributed by atoms with Gasteiger partial charge in [-0.15, -0.1) is 0 Å². The van der Waals surface area contributed by atoms with Crippen LogP contribution in [0.1, 0.15) is 95.7 Å². The normalized spacial score (nSPS) is 11.6. The quantitative estimate of drug-likeness (QED) is 0.0596. The fourth-order valence-electron chi connectivity index (χ4n) is 5.35. The number of rotatable bonds is 13. The first-order valence-corrected chi connectivity index (χ1v) is 17.7. The van der Waals surface area contributed by atoms with Crippen molar-refractivity contribution < 1.29 is 0 Å². The summed E-state index contributed by atoms with van der Waals surface area (Å²) in [5.74, 6) is 0.294. The number of unbranched alkanes of at least 4 members (excludes halogenated alkanes) is 1. The summed E-state index contributed by atoms with van der Waals surface area (Å²) in [6.45, 7) is 18.0. The Bertz CT molecular complexity index is 1800. The average Bonchev–Trinajstić information content (AvgIpc) is 3.46. The lowest BCUT2D eigenvalue weighted by Crippen LogP contribution is -2.23. The predicted molar refractivity (Wildman–Crippen MR) is 211 cm³/mol. The van der Waals surface area contributed by atoms with Crippen molar-refractivity contribution in [1.29, 1.82) is 0 Å². The van der Waals surface area contributed by atoms with Crippen molar-refractivity contribution in [3.63, 3.8) is 0 Å². The van der Waals surface area contributed by atoms with Crippen molar-refractivity contribution in [1.82, 2.24) is 19.9 Å². The Labute approximate surface area is 302 Å². The van der Waals surface area contributed by atoms with Crippen molar-refractivity contribution in [3.05, 3.63) is 92.1 Å². The number of benzene rings is 2. The smallest absolute Gasteiger partial charge is 0.354 e. The van der Waals surface area contributed by atoms with Gasteiger partial charge in [-0.1, -0.05) is 84.3 Å². The van der Waals surface area contributed by atoms with Gasteiger partial charge in [-0.2, -0.15) is 4.98 Å². The highest BCUT2D eigenvalue weighted by Crippen LogP contribution is 2.34. The van der Waals surface area contributed by atoms with Gasteiger partial charge in [-0.25, -0.2) is 4.79 Å². The Hall–Kier alpha value is -4.35. The minimum atomic E-state index is -0.301. The third-order valence-electron chi connectivity index (χ3n) is 8.23. The zero-order valence-electron chi connectivity index (χ0n) is 30.9. The molecule has 0 radical (unpaired) electrons. The number of nitrogens with one attached hydrogen (secondary N) is 2. The summed E-state index contributed by atoms with van der Waals surface area (Å²) in [6.07, 6.45) is 6.77. The van der Waals surface area contributed by atoms with E-state index in [9.17, 15) is 4.79 Å². The molecule has 2 aromatic carbocycles. The van der Waals surface area contributed by atoms with E-state index in [0.29, 0.717) is 18.7 Å². The van der Waals surface area contributed by atoms with Gasteiger partial charge in [0.25, 0.3) is 0 Å². The molecule has 0 aliphatic carbocycles. The second kappa shape index (κ2) is 18.1. The van der Waals surface area contributed by atoms with Crippen molar-refractivity contribution >= 4 is 34.6 Å². The van der Waals surface area contributed by atoms with E-state index in [4.69, 9.17) is 34.5 Å². The molecule has 12 heteroatoms. The monoisotopic (exact) mass is 704 g/mol. The van der Waals surface area contributed by atoms with Crippen molar-refractivity contribution in [2.75, 3.05) is 19.6 Å². The number of fused-ring (bicyclic) bond motifs is 1. The average molecular weight is 705 g/mol. The molecular formula is C38H57ClN10O. The predicted octanol–water partition coefficient (Wildman–Crippen LogP) is 5.56. The highest BCUT2D eigenvalue weighted by molar-refractivity contribution is 6.32. The molecular weight excluding hydrogens is 648 g/mol. The Balaban J connectivity index is 0.000000286. The van der Waals surface area contributed by atoms with Crippen molar-refractivity contribution in [2.24, 2.45) is 32.9 Å². The lowest BCUT2D eigenvalue weighted by molar-refractivity contribution is 0.574. The summed E-state index contributed by atoms with van der Waals surface area (Å²) >= 11 is 6.54. The summed E-state index contributed by atoms with van der Waals surface area (Å²) in [6, 6.07) is 14.4. The van der Waals surface area contributed by atoms with Crippen LogP contribution >= 0.6 is 11.6 Å². The molecule has 0 atom stereocenters. The number of halogens is 1. The van der Waals surface area contributed by atoms with Crippen LogP contribution < -0.4 is 33.9 Å². The summed E-state index contributed by atoms with van der Waals surface area (Å²) in [7, 11) is 0. The minimum Gasteiger partial charge on any atom is -0.370 e. The van der Waals surface area contributed by atoms with E-state index in [0.717, 1.165) is 72.5 Å². The first-order valence-electron chi connectivity index (χ1n) is 17.3. The van der Waals surface area contributed by atoms with Crippen LogP contribution in [0.5, 0.6) is 0 Å². The minimum absolute atomic E-state index is 0.0352. The highest BCUT2D eigenvalue weighted by Gasteiger charge is 2.20. The second-order valence-electron chi connectivity index (χ2n) is 14.6. The number of aromatic nitrogens is 3. The molecule has 11 nitrogen and oxygen atoms in total. The van der Waals surface area contributed by atoms with Gasteiger partial charge < -0.3 is 33.2 Å². The molecule has 272 valence electrons. The van der Waals surface area contributed by atoms with Gasteiger partial charge >= 0.3 is 5.69 Å². The van der Waals surface area contributed by atoms with Gasteiger partial charge in [0.2, 0.25) is 0 Å². The summed E-state index contributed by atoms with van der Waals surface area (Å²) in [5, 5.41) is 5.19. The van der Waals surface area contributed by atoms with E-state index in [1.54, 1.807) is 4.57 Å². The zero-order chi connectivity index (χ0) is 37.1. The summed E-state index contributed by atoms with van der Waals surface area (Å²) in [5.41, 5.74) is 28.4. The van der Waals surface area contributed by atoms with Gasteiger partial charge in [-0.05, 0) is 84.5 Å². The second-order valence-corrected chi connectivity index (χ2v) is 15.0. The van der Waals surface area contributed by atoms with Gasteiger partial charge in [0.1, 0.15) is 5.65 Å². The lowest BCUT2D eigenvalue weighted by Gasteiger charge is -2.23. The molecule has 0 spiro atoms. The molecule has 50 heavy (non-hydrogen) atoms. The van der Waals surface area contributed by atoms with E-state index in [2.05, 4.69) is 91.9 Å². The molecule has 2 heterocycles. The summed E-state index contributed by atoms with van der Waals surface area (Å²) < 4.78 is 1.58. The van der Waals surface area contributed by atoms with Gasteiger partial charge in [0, 0.05) is 47.3 Å². The molecule has 0 aliphatic rings. The molecule has 0 aliphatic heterocycles. The van der Waals surface area contributed by atoms with Crippen LogP contribution in [0, 0.1) is 0 Å². The number of aromatic amines is 1. The Morgan fingerprint density at radius 3 is 2.10 bits per heavy atom. The van der Waals surface area contributed by atoms with Crippen LogP contribution in [-0.2, 0) is 30.2 Å². The molecule has 10 N–H and O–H groups in total. The molecule has 4 rings (SSSR count). The Morgan fingerprint density at radius 1 is 0.880 bits per heavy atom. The summed E-state index contributed by atoms with van der Waals surface area (Å²) in [4.78, 5) is 27.9. The molecule has 0 fully saturated rings. The SMILES string of the molecule is CC(C)(C)c1cc2cn(-c3ccc(CNCCCN=C(N)N)cc3)c(=O)nc2[nH]1.CCc1cc(CCCCN=C(N)N)cc(C(C)(C)C)c1Cl. The van der Waals surface area contributed by atoms with Crippen LogP contribution in [0.3, 0.4) is 0 Å². The van der Waals surface area contributed by atoms with E-state index in [1.165, 1.54) is 16.7 Å². The lowest BCUT2D eigenvalue weighted by atomic mass is 9.84. The zero-order valence-corrected chi connectivity index (χ0v) is 31.6. The van der Waals surface area contributed by atoms with Crippen LogP contribution in [0.4, 0.5) is 0 Å². The van der Waals surface area contributed by atoms with Gasteiger partial charge in [0.15, 0.2) is 11.9 Å².